The third kappa shape index (κ3) is 5.50. The minimum atomic E-state index is -0.366. The number of nitrogens with zero attached hydrogens (tertiary/aromatic N) is 1. The van der Waals surface area contributed by atoms with Gasteiger partial charge in [0.05, 0.1) is 12.3 Å². The van der Waals surface area contributed by atoms with Crippen LogP contribution >= 0.6 is 0 Å². The largest absolute Gasteiger partial charge is 0.468 e. The maximum absolute atomic E-state index is 12.9. The van der Waals surface area contributed by atoms with Crippen molar-refractivity contribution < 1.29 is 18.4 Å². The predicted molar refractivity (Wildman–Crippen MR) is 99.8 cm³/mol. The second kappa shape index (κ2) is 9.46. The molecule has 1 saturated heterocycles. The summed E-state index contributed by atoms with van der Waals surface area (Å²) in [7, 11) is 0. The molecule has 0 radical (unpaired) electrons. The number of Topliss-reactive ketones (excluding diaryl/α,β-unsaturated/α-hetero) is 1. The molecule has 27 heavy (non-hydrogen) atoms. The van der Waals surface area contributed by atoms with Crippen molar-refractivity contribution in [3.8, 4) is 0 Å². The molecule has 1 N–H and O–H groups in total. The van der Waals surface area contributed by atoms with E-state index in [4.69, 9.17) is 4.42 Å². The summed E-state index contributed by atoms with van der Waals surface area (Å²) < 4.78 is 18.4. The summed E-state index contributed by atoms with van der Waals surface area (Å²) >= 11 is 0. The number of hydrogen-bond acceptors (Lipinski definition) is 4. The zero-order valence-corrected chi connectivity index (χ0v) is 15.3. The number of rotatable bonds is 9. The summed E-state index contributed by atoms with van der Waals surface area (Å²) in [6, 6.07) is 9.34. The molecule has 0 saturated carbocycles. The van der Waals surface area contributed by atoms with Gasteiger partial charge in [0.2, 0.25) is 5.91 Å². The first-order chi connectivity index (χ1) is 13.1. The van der Waals surface area contributed by atoms with E-state index < -0.39 is 0 Å². The molecule has 0 aliphatic carbocycles. The van der Waals surface area contributed by atoms with Crippen LogP contribution in [-0.2, 0) is 4.79 Å². The third-order valence-corrected chi connectivity index (χ3v) is 4.92. The van der Waals surface area contributed by atoms with Crippen LogP contribution in [0, 0.1) is 5.82 Å². The van der Waals surface area contributed by atoms with Crippen LogP contribution in [0.25, 0.3) is 0 Å². The zero-order valence-electron chi connectivity index (χ0n) is 15.3. The van der Waals surface area contributed by atoms with Crippen LogP contribution in [0.2, 0.25) is 0 Å². The van der Waals surface area contributed by atoms with Gasteiger partial charge in [-0.15, -0.1) is 0 Å². The smallest absolute Gasteiger partial charge is 0.220 e. The van der Waals surface area contributed by atoms with E-state index in [0.717, 1.165) is 31.7 Å². The number of halogens is 1. The summed E-state index contributed by atoms with van der Waals surface area (Å²) in [5, 5.41) is 2.97. The molecule has 2 heterocycles. The summed E-state index contributed by atoms with van der Waals surface area (Å²) in [6.07, 6.45) is 5.01. The summed E-state index contributed by atoms with van der Waals surface area (Å²) in [4.78, 5) is 26.6. The minimum Gasteiger partial charge on any atom is -0.468 e. The molecule has 0 bridgehead atoms. The van der Waals surface area contributed by atoms with Crippen LogP contribution in [0.4, 0.5) is 4.39 Å². The Morgan fingerprint density at radius 1 is 1.11 bits per heavy atom. The molecule has 1 aromatic carbocycles. The van der Waals surface area contributed by atoms with E-state index >= 15 is 0 Å². The van der Waals surface area contributed by atoms with E-state index in [1.807, 2.05) is 12.1 Å². The minimum absolute atomic E-state index is 0.0484. The van der Waals surface area contributed by atoms with Gasteiger partial charge in [-0.05, 0) is 68.8 Å². The number of carbonyl (C=O) groups is 2. The molecule has 0 spiro atoms. The van der Waals surface area contributed by atoms with Gasteiger partial charge in [0.1, 0.15) is 11.6 Å². The number of nitrogens with one attached hydrogen (secondary N) is 1. The highest BCUT2D eigenvalue weighted by Crippen LogP contribution is 2.24. The van der Waals surface area contributed by atoms with Gasteiger partial charge in [0, 0.05) is 24.9 Å². The Bertz CT molecular complexity index is 737. The van der Waals surface area contributed by atoms with Gasteiger partial charge >= 0.3 is 0 Å². The Labute approximate surface area is 158 Å². The van der Waals surface area contributed by atoms with Crippen molar-refractivity contribution >= 4 is 11.7 Å². The number of furan rings is 1. The lowest BCUT2D eigenvalue weighted by atomic mass is 10.1. The maximum Gasteiger partial charge on any atom is 0.220 e. The Morgan fingerprint density at radius 3 is 2.52 bits per heavy atom. The Hall–Kier alpha value is -2.47. The van der Waals surface area contributed by atoms with E-state index in [2.05, 4.69) is 10.2 Å². The van der Waals surface area contributed by atoms with Crippen LogP contribution in [-0.4, -0.2) is 36.2 Å². The lowest BCUT2D eigenvalue weighted by Crippen LogP contribution is -2.36. The molecular weight excluding hydrogens is 347 g/mol. The van der Waals surface area contributed by atoms with Crippen molar-refractivity contribution in [2.24, 2.45) is 0 Å². The standard InChI is InChI=1S/C21H25FN2O3/c22-17-10-8-16(9-11-17)19(25)5-3-7-21(26)23-15-18(20-6-4-14-27-20)24-12-1-2-13-24/h4,6,8-11,14,18H,1-3,5,7,12-13,15H2,(H,23,26). The van der Waals surface area contributed by atoms with Gasteiger partial charge in [-0.1, -0.05) is 0 Å². The molecule has 1 aliphatic rings. The predicted octanol–water partition coefficient (Wildman–Crippen LogP) is 3.73. The van der Waals surface area contributed by atoms with Gasteiger partial charge in [-0.25, -0.2) is 4.39 Å². The summed E-state index contributed by atoms with van der Waals surface area (Å²) in [6.45, 7) is 2.51. The molecule has 1 atom stereocenters. The molecule has 2 aromatic rings. The lowest BCUT2D eigenvalue weighted by molar-refractivity contribution is -0.121. The van der Waals surface area contributed by atoms with E-state index in [9.17, 15) is 14.0 Å². The van der Waals surface area contributed by atoms with Gasteiger partial charge in [0.15, 0.2) is 5.78 Å². The molecule has 1 aromatic heterocycles. The van der Waals surface area contributed by atoms with Crippen molar-refractivity contribution in [2.45, 2.75) is 38.1 Å². The van der Waals surface area contributed by atoms with Gasteiger partial charge in [-0.2, -0.15) is 0 Å². The molecule has 5 nitrogen and oxygen atoms in total. The van der Waals surface area contributed by atoms with E-state index in [1.54, 1.807) is 6.26 Å². The summed E-state index contributed by atoms with van der Waals surface area (Å²) in [5.74, 6) is 0.352. The summed E-state index contributed by atoms with van der Waals surface area (Å²) in [5.41, 5.74) is 0.476. The Balaban J connectivity index is 1.43. The lowest BCUT2D eigenvalue weighted by Gasteiger charge is -2.26. The molecule has 1 aliphatic heterocycles. The quantitative estimate of drug-likeness (QED) is 0.682. The van der Waals surface area contributed by atoms with Crippen molar-refractivity contribution in [2.75, 3.05) is 19.6 Å². The molecule has 1 fully saturated rings. The van der Waals surface area contributed by atoms with Crippen LogP contribution in [0.3, 0.4) is 0 Å². The fourth-order valence-electron chi connectivity index (χ4n) is 3.43. The first-order valence-corrected chi connectivity index (χ1v) is 9.46. The number of amides is 1. The van der Waals surface area contributed by atoms with Crippen molar-refractivity contribution in [1.82, 2.24) is 10.2 Å². The Kier molecular flexibility index (Phi) is 6.76. The molecule has 1 amide bonds. The van der Waals surface area contributed by atoms with Crippen LogP contribution in [0.5, 0.6) is 0 Å². The molecular formula is C21H25FN2O3. The number of ketones is 1. The van der Waals surface area contributed by atoms with Crippen molar-refractivity contribution in [3.63, 3.8) is 0 Å². The van der Waals surface area contributed by atoms with E-state index in [-0.39, 0.29) is 36.4 Å². The number of carbonyl (C=O) groups excluding carboxylic acids is 2. The Morgan fingerprint density at radius 2 is 1.85 bits per heavy atom. The fraction of sp³-hybridized carbons (Fsp3) is 0.429. The normalized spacial score (nSPS) is 15.6. The molecule has 144 valence electrons. The van der Waals surface area contributed by atoms with Crippen LogP contribution in [0.15, 0.2) is 47.1 Å². The third-order valence-electron chi connectivity index (χ3n) is 4.92. The van der Waals surface area contributed by atoms with Crippen LogP contribution < -0.4 is 5.32 Å². The van der Waals surface area contributed by atoms with E-state index in [0.29, 0.717) is 18.5 Å². The number of likely N-dealkylation sites (tertiary alicyclic amines) is 1. The highest BCUT2D eigenvalue weighted by Gasteiger charge is 2.25. The maximum atomic E-state index is 12.9. The molecule has 3 rings (SSSR count). The van der Waals surface area contributed by atoms with E-state index in [1.165, 1.54) is 24.3 Å². The zero-order chi connectivity index (χ0) is 19.1. The first-order valence-electron chi connectivity index (χ1n) is 9.46. The average Bonchev–Trinajstić information content (AvgIpc) is 3.37. The number of benzene rings is 1. The molecule has 1 unspecified atom stereocenters. The molecule has 6 heteroatoms. The number of hydrogen-bond donors (Lipinski definition) is 1. The van der Waals surface area contributed by atoms with Crippen molar-refractivity contribution in [1.29, 1.82) is 0 Å². The fourth-order valence-corrected chi connectivity index (χ4v) is 3.43. The average molecular weight is 372 g/mol. The second-order valence-electron chi connectivity index (χ2n) is 6.86. The second-order valence-corrected chi connectivity index (χ2v) is 6.86. The van der Waals surface area contributed by atoms with Crippen molar-refractivity contribution in [3.05, 3.63) is 59.8 Å². The van der Waals surface area contributed by atoms with Gasteiger partial charge in [-0.3, -0.25) is 14.5 Å². The SMILES string of the molecule is O=C(CCCC(=O)c1ccc(F)cc1)NCC(c1ccco1)N1CCCC1. The van der Waals surface area contributed by atoms with Crippen LogP contribution in [0.1, 0.15) is 54.3 Å². The monoisotopic (exact) mass is 372 g/mol. The highest BCUT2D eigenvalue weighted by molar-refractivity contribution is 5.96. The van der Waals surface area contributed by atoms with Gasteiger partial charge < -0.3 is 9.73 Å². The van der Waals surface area contributed by atoms with Gasteiger partial charge in [0.25, 0.3) is 0 Å². The first kappa shape index (κ1) is 19.3. The highest BCUT2D eigenvalue weighted by atomic mass is 19.1. The topological polar surface area (TPSA) is 62.6 Å².